The fourth-order valence-electron chi connectivity index (χ4n) is 1.65. The summed E-state index contributed by atoms with van der Waals surface area (Å²) in [4.78, 5) is 0.195. The van der Waals surface area contributed by atoms with Gasteiger partial charge in [0.05, 0.1) is 4.90 Å². The van der Waals surface area contributed by atoms with Gasteiger partial charge in [-0.1, -0.05) is 6.07 Å². The molecule has 0 bridgehead atoms. The maximum atomic E-state index is 11.0. The summed E-state index contributed by atoms with van der Waals surface area (Å²) in [5, 5.41) is 0. The lowest BCUT2D eigenvalue weighted by molar-refractivity contribution is 0.609. The van der Waals surface area contributed by atoms with Crippen LogP contribution in [0.3, 0.4) is 0 Å². The van der Waals surface area contributed by atoms with E-state index in [9.17, 15) is 8.42 Å². The lowest BCUT2D eigenvalue weighted by atomic mass is 10.1. The fourth-order valence-corrected chi connectivity index (χ4v) is 2.49. The summed E-state index contributed by atoms with van der Waals surface area (Å²) in [6.45, 7) is 1.93. The number of halogens is 1. The highest BCUT2D eigenvalue weighted by Gasteiger charge is 2.25. The van der Waals surface area contributed by atoms with Gasteiger partial charge in [-0.25, -0.2) is 8.42 Å². The molecule has 0 aliphatic heterocycles. The Balaban J connectivity index is 2.45. The van der Waals surface area contributed by atoms with Crippen LogP contribution in [0, 0.1) is 6.92 Å². The summed E-state index contributed by atoms with van der Waals surface area (Å²) in [7, 11) is 1.68. The van der Waals surface area contributed by atoms with Crippen molar-refractivity contribution in [2.45, 2.75) is 30.6 Å². The van der Waals surface area contributed by atoms with Gasteiger partial charge in [0.1, 0.15) is 0 Å². The smallest absolute Gasteiger partial charge is 0.207 e. The molecule has 0 spiro atoms. The first-order valence-electron chi connectivity index (χ1n) is 4.53. The summed E-state index contributed by atoms with van der Waals surface area (Å²) in [6.07, 6.45) is 2.43. The molecule has 1 aliphatic rings. The van der Waals surface area contributed by atoms with Crippen LogP contribution in [-0.2, 0) is 9.05 Å². The van der Waals surface area contributed by atoms with Gasteiger partial charge in [-0.3, -0.25) is 0 Å². The Hall–Kier alpha value is -0.540. The molecule has 14 heavy (non-hydrogen) atoms. The van der Waals surface area contributed by atoms with Crippen molar-refractivity contribution in [2.24, 2.45) is 0 Å². The molecule has 0 N–H and O–H groups in total. The zero-order chi connectivity index (χ0) is 10.3. The van der Waals surface area contributed by atoms with E-state index in [1.54, 1.807) is 12.1 Å². The van der Waals surface area contributed by atoms with Gasteiger partial charge in [0, 0.05) is 10.7 Å². The van der Waals surface area contributed by atoms with E-state index in [-0.39, 0.29) is 4.90 Å². The third kappa shape index (κ3) is 1.93. The van der Waals surface area contributed by atoms with Gasteiger partial charge in [0.15, 0.2) is 0 Å². The Morgan fingerprint density at radius 2 is 2.00 bits per heavy atom. The van der Waals surface area contributed by atoms with Crippen LogP contribution in [0.15, 0.2) is 23.1 Å². The topological polar surface area (TPSA) is 34.1 Å². The molecule has 0 unspecified atom stereocenters. The van der Waals surface area contributed by atoms with Crippen molar-refractivity contribution in [1.82, 2.24) is 0 Å². The molecule has 1 aliphatic carbocycles. The Morgan fingerprint density at radius 3 is 2.43 bits per heavy atom. The maximum absolute atomic E-state index is 11.0. The summed E-state index contributed by atoms with van der Waals surface area (Å²) in [5.41, 5.74) is 2.28. The highest BCUT2D eigenvalue weighted by Crippen LogP contribution is 2.41. The van der Waals surface area contributed by atoms with Crippen LogP contribution >= 0.6 is 10.7 Å². The highest BCUT2D eigenvalue weighted by molar-refractivity contribution is 8.13. The maximum Gasteiger partial charge on any atom is 0.261 e. The van der Waals surface area contributed by atoms with Crippen LogP contribution in [0.2, 0.25) is 0 Å². The van der Waals surface area contributed by atoms with Crippen molar-refractivity contribution in [3.05, 3.63) is 29.3 Å². The normalized spacial score (nSPS) is 17.0. The van der Waals surface area contributed by atoms with Crippen LogP contribution in [0.5, 0.6) is 0 Å². The zero-order valence-electron chi connectivity index (χ0n) is 7.83. The number of aryl methyl sites for hydroxylation is 1. The fraction of sp³-hybridized carbons (Fsp3) is 0.400. The Labute approximate surface area is 88.3 Å². The minimum Gasteiger partial charge on any atom is -0.207 e. The third-order valence-corrected chi connectivity index (χ3v) is 3.89. The standard InChI is InChI=1S/C10H11ClO2S/c1-7-6-9(14(11,12)13)4-5-10(7)8-2-3-8/h4-6,8H,2-3H2,1H3. The van der Waals surface area contributed by atoms with Crippen LogP contribution in [0.1, 0.15) is 29.9 Å². The SMILES string of the molecule is Cc1cc(S(=O)(=O)Cl)ccc1C1CC1. The molecule has 0 aromatic heterocycles. The van der Waals surface area contributed by atoms with Crippen molar-refractivity contribution in [3.8, 4) is 0 Å². The lowest BCUT2D eigenvalue weighted by Gasteiger charge is -2.05. The first-order chi connectivity index (χ1) is 6.48. The van der Waals surface area contributed by atoms with E-state index >= 15 is 0 Å². The molecule has 0 amide bonds. The van der Waals surface area contributed by atoms with Crippen LogP contribution in [-0.4, -0.2) is 8.42 Å². The first kappa shape index (κ1) is 9.99. The Bertz CT molecular complexity index is 461. The van der Waals surface area contributed by atoms with Crippen LogP contribution < -0.4 is 0 Å². The van der Waals surface area contributed by atoms with Crippen molar-refractivity contribution in [1.29, 1.82) is 0 Å². The number of hydrogen-bond acceptors (Lipinski definition) is 2. The lowest BCUT2D eigenvalue weighted by Crippen LogP contribution is -1.93. The molecule has 4 heteroatoms. The van der Waals surface area contributed by atoms with E-state index in [0.29, 0.717) is 5.92 Å². The van der Waals surface area contributed by atoms with Crippen molar-refractivity contribution >= 4 is 19.7 Å². The molecule has 0 atom stereocenters. The quantitative estimate of drug-likeness (QED) is 0.733. The van der Waals surface area contributed by atoms with Gasteiger partial charge in [-0.05, 0) is 48.9 Å². The van der Waals surface area contributed by atoms with Gasteiger partial charge in [0.2, 0.25) is 0 Å². The van der Waals surface area contributed by atoms with E-state index < -0.39 is 9.05 Å². The molecule has 1 aromatic carbocycles. The van der Waals surface area contributed by atoms with Crippen LogP contribution in [0.25, 0.3) is 0 Å². The largest absolute Gasteiger partial charge is 0.261 e. The predicted molar refractivity (Wildman–Crippen MR) is 56.2 cm³/mol. The van der Waals surface area contributed by atoms with E-state index in [2.05, 4.69) is 0 Å². The van der Waals surface area contributed by atoms with E-state index in [0.717, 1.165) is 5.56 Å². The van der Waals surface area contributed by atoms with E-state index in [1.165, 1.54) is 18.4 Å². The second-order valence-electron chi connectivity index (χ2n) is 3.73. The summed E-state index contributed by atoms with van der Waals surface area (Å²) < 4.78 is 22.1. The molecule has 76 valence electrons. The minimum absolute atomic E-state index is 0.195. The molecule has 0 saturated heterocycles. The van der Waals surface area contributed by atoms with E-state index in [1.807, 2.05) is 13.0 Å². The van der Waals surface area contributed by atoms with Gasteiger partial charge in [0.25, 0.3) is 9.05 Å². The molecule has 1 saturated carbocycles. The molecule has 0 radical (unpaired) electrons. The average molecular weight is 231 g/mol. The molecule has 1 aromatic rings. The molecule has 0 heterocycles. The molecular weight excluding hydrogens is 220 g/mol. The second-order valence-corrected chi connectivity index (χ2v) is 6.30. The van der Waals surface area contributed by atoms with Gasteiger partial charge in [-0.2, -0.15) is 0 Å². The van der Waals surface area contributed by atoms with Gasteiger partial charge < -0.3 is 0 Å². The summed E-state index contributed by atoms with van der Waals surface area (Å²) >= 11 is 0. The molecule has 2 nitrogen and oxygen atoms in total. The van der Waals surface area contributed by atoms with Gasteiger partial charge in [-0.15, -0.1) is 0 Å². The number of rotatable bonds is 2. The highest BCUT2D eigenvalue weighted by atomic mass is 35.7. The number of benzene rings is 1. The zero-order valence-corrected chi connectivity index (χ0v) is 9.40. The van der Waals surface area contributed by atoms with Crippen molar-refractivity contribution < 1.29 is 8.42 Å². The number of hydrogen-bond donors (Lipinski definition) is 0. The van der Waals surface area contributed by atoms with Crippen LogP contribution in [0.4, 0.5) is 0 Å². The molecular formula is C10H11ClO2S. The Kier molecular flexibility index (Phi) is 2.32. The monoisotopic (exact) mass is 230 g/mol. The second kappa shape index (κ2) is 3.24. The molecule has 2 rings (SSSR count). The molecule has 1 fully saturated rings. The summed E-state index contributed by atoms with van der Waals surface area (Å²) in [6, 6.07) is 5.11. The van der Waals surface area contributed by atoms with E-state index in [4.69, 9.17) is 10.7 Å². The minimum atomic E-state index is -3.58. The first-order valence-corrected chi connectivity index (χ1v) is 6.84. The predicted octanol–water partition coefficient (Wildman–Crippen LogP) is 2.80. The van der Waals surface area contributed by atoms with Crippen molar-refractivity contribution in [2.75, 3.05) is 0 Å². The average Bonchev–Trinajstić information content (AvgIpc) is 2.85. The Morgan fingerprint density at radius 1 is 1.36 bits per heavy atom. The van der Waals surface area contributed by atoms with Crippen molar-refractivity contribution in [3.63, 3.8) is 0 Å². The third-order valence-electron chi connectivity index (χ3n) is 2.54. The summed E-state index contributed by atoms with van der Waals surface area (Å²) in [5.74, 6) is 0.641. The van der Waals surface area contributed by atoms with Gasteiger partial charge >= 0.3 is 0 Å².